The predicted octanol–water partition coefficient (Wildman–Crippen LogP) is 2.81. The maximum atomic E-state index is 8.99. The van der Waals surface area contributed by atoms with Crippen LogP contribution in [0.1, 0.15) is 53.4 Å². The van der Waals surface area contributed by atoms with Gasteiger partial charge < -0.3 is 10.4 Å². The lowest BCUT2D eigenvalue weighted by atomic mass is 9.78. The van der Waals surface area contributed by atoms with Crippen LogP contribution in [-0.2, 0) is 0 Å². The smallest absolute Gasteiger partial charge is 0.0436 e. The van der Waals surface area contributed by atoms with Crippen LogP contribution in [0.15, 0.2) is 0 Å². The standard InChI is InChI=1S/C14H29NO/c1-11-5-6-13(9-12(11)2)15-10-14(3,4)7-8-16/h11-13,15-16H,5-10H2,1-4H3/t11-,12-,13+/m1/s1. The highest BCUT2D eigenvalue weighted by Crippen LogP contribution is 2.30. The van der Waals surface area contributed by atoms with E-state index in [-0.39, 0.29) is 5.41 Å². The molecule has 3 atom stereocenters. The second kappa shape index (κ2) is 6.02. The monoisotopic (exact) mass is 227 g/mol. The van der Waals surface area contributed by atoms with Gasteiger partial charge in [-0.3, -0.25) is 0 Å². The highest BCUT2D eigenvalue weighted by molar-refractivity contribution is 4.82. The van der Waals surface area contributed by atoms with Gasteiger partial charge in [0, 0.05) is 19.2 Å². The van der Waals surface area contributed by atoms with Gasteiger partial charge in [-0.1, -0.05) is 27.7 Å². The van der Waals surface area contributed by atoms with Crippen LogP contribution in [0.5, 0.6) is 0 Å². The molecule has 2 heteroatoms. The SMILES string of the molecule is C[C@@H]1CC[C@H](NCC(C)(C)CCO)C[C@H]1C. The van der Waals surface area contributed by atoms with Gasteiger partial charge in [0.2, 0.25) is 0 Å². The topological polar surface area (TPSA) is 32.3 Å². The lowest BCUT2D eigenvalue weighted by molar-refractivity contribution is 0.180. The van der Waals surface area contributed by atoms with Crippen LogP contribution < -0.4 is 5.32 Å². The molecule has 0 unspecified atom stereocenters. The van der Waals surface area contributed by atoms with E-state index in [9.17, 15) is 0 Å². The third kappa shape index (κ3) is 4.42. The molecule has 0 aromatic rings. The van der Waals surface area contributed by atoms with Crippen LogP contribution >= 0.6 is 0 Å². The lowest BCUT2D eigenvalue weighted by Gasteiger charge is -2.35. The van der Waals surface area contributed by atoms with E-state index < -0.39 is 0 Å². The largest absolute Gasteiger partial charge is 0.396 e. The third-order valence-electron chi connectivity index (χ3n) is 4.26. The minimum Gasteiger partial charge on any atom is -0.396 e. The Bertz CT molecular complexity index is 203. The Hall–Kier alpha value is -0.0800. The molecule has 0 spiro atoms. The third-order valence-corrected chi connectivity index (χ3v) is 4.26. The molecule has 2 nitrogen and oxygen atoms in total. The molecule has 1 aliphatic rings. The molecule has 96 valence electrons. The first-order valence-corrected chi connectivity index (χ1v) is 6.79. The molecule has 0 aliphatic heterocycles. The zero-order chi connectivity index (χ0) is 12.2. The summed E-state index contributed by atoms with van der Waals surface area (Å²) in [5, 5.41) is 12.7. The van der Waals surface area contributed by atoms with Gasteiger partial charge in [0.05, 0.1) is 0 Å². The Kier molecular flexibility index (Phi) is 5.26. The van der Waals surface area contributed by atoms with Crippen molar-refractivity contribution in [3.63, 3.8) is 0 Å². The average Bonchev–Trinajstić information content (AvgIpc) is 2.20. The first-order chi connectivity index (χ1) is 7.44. The Morgan fingerprint density at radius 3 is 2.44 bits per heavy atom. The number of aliphatic hydroxyl groups excluding tert-OH is 1. The van der Waals surface area contributed by atoms with Crippen LogP contribution in [0.2, 0.25) is 0 Å². The molecular weight excluding hydrogens is 198 g/mol. The summed E-state index contributed by atoms with van der Waals surface area (Å²) in [6.07, 6.45) is 4.88. The predicted molar refractivity (Wildman–Crippen MR) is 69.5 cm³/mol. The van der Waals surface area contributed by atoms with E-state index in [2.05, 4.69) is 33.0 Å². The summed E-state index contributed by atoms with van der Waals surface area (Å²) in [6, 6.07) is 0.698. The van der Waals surface area contributed by atoms with Crippen molar-refractivity contribution in [2.24, 2.45) is 17.3 Å². The molecule has 0 radical (unpaired) electrons. The van der Waals surface area contributed by atoms with Gasteiger partial charge in [-0.15, -0.1) is 0 Å². The Morgan fingerprint density at radius 2 is 1.88 bits per heavy atom. The fraction of sp³-hybridized carbons (Fsp3) is 1.00. The van der Waals surface area contributed by atoms with E-state index in [1.807, 2.05) is 0 Å². The number of nitrogens with one attached hydrogen (secondary N) is 1. The second-order valence-electron chi connectivity index (χ2n) is 6.48. The first-order valence-electron chi connectivity index (χ1n) is 6.79. The molecular formula is C14H29NO. The summed E-state index contributed by atoms with van der Waals surface area (Å²) in [6.45, 7) is 10.5. The minimum atomic E-state index is 0.223. The van der Waals surface area contributed by atoms with Gasteiger partial charge in [-0.2, -0.15) is 0 Å². The molecule has 1 fully saturated rings. The minimum absolute atomic E-state index is 0.223. The maximum absolute atomic E-state index is 8.99. The zero-order valence-corrected chi connectivity index (χ0v) is 11.4. The second-order valence-corrected chi connectivity index (χ2v) is 6.48. The molecule has 0 bridgehead atoms. The van der Waals surface area contributed by atoms with E-state index in [4.69, 9.17) is 5.11 Å². The van der Waals surface area contributed by atoms with E-state index in [0.717, 1.165) is 24.8 Å². The molecule has 1 aliphatic carbocycles. The molecule has 0 aromatic carbocycles. The van der Waals surface area contributed by atoms with Gasteiger partial charge in [0.25, 0.3) is 0 Å². The van der Waals surface area contributed by atoms with Gasteiger partial charge in [-0.05, 0) is 42.9 Å². The van der Waals surface area contributed by atoms with Crippen molar-refractivity contribution in [1.29, 1.82) is 0 Å². The van der Waals surface area contributed by atoms with E-state index >= 15 is 0 Å². The van der Waals surface area contributed by atoms with Crippen molar-refractivity contribution in [3.05, 3.63) is 0 Å². The molecule has 1 rings (SSSR count). The lowest BCUT2D eigenvalue weighted by Crippen LogP contribution is -2.41. The van der Waals surface area contributed by atoms with Crippen molar-refractivity contribution < 1.29 is 5.11 Å². The molecule has 0 heterocycles. The molecule has 0 amide bonds. The highest BCUT2D eigenvalue weighted by Gasteiger charge is 2.26. The van der Waals surface area contributed by atoms with E-state index in [1.165, 1.54) is 19.3 Å². The normalized spacial score (nSPS) is 31.7. The van der Waals surface area contributed by atoms with Gasteiger partial charge in [-0.25, -0.2) is 0 Å². The summed E-state index contributed by atoms with van der Waals surface area (Å²) < 4.78 is 0. The van der Waals surface area contributed by atoms with E-state index in [1.54, 1.807) is 0 Å². The zero-order valence-electron chi connectivity index (χ0n) is 11.4. The summed E-state index contributed by atoms with van der Waals surface area (Å²) >= 11 is 0. The Balaban J connectivity index is 2.28. The molecule has 0 aromatic heterocycles. The van der Waals surface area contributed by atoms with Crippen molar-refractivity contribution >= 4 is 0 Å². The van der Waals surface area contributed by atoms with Gasteiger partial charge in [0.15, 0.2) is 0 Å². The molecule has 2 N–H and O–H groups in total. The Morgan fingerprint density at radius 1 is 1.19 bits per heavy atom. The van der Waals surface area contributed by atoms with Crippen molar-refractivity contribution in [1.82, 2.24) is 5.32 Å². The van der Waals surface area contributed by atoms with Crippen LogP contribution in [0.4, 0.5) is 0 Å². The molecule has 16 heavy (non-hydrogen) atoms. The number of hydrogen-bond acceptors (Lipinski definition) is 2. The molecule has 0 saturated heterocycles. The first kappa shape index (κ1) is 14.0. The Labute approximate surface area is 101 Å². The van der Waals surface area contributed by atoms with Crippen LogP contribution in [-0.4, -0.2) is 24.3 Å². The maximum Gasteiger partial charge on any atom is 0.0436 e. The van der Waals surface area contributed by atoms with Crippen LogP contribution in [0, 0.1) is 17.3 Å². The summed E-state index contributed by atoms with van der Waals surface area (Å²) in [5.41, 5.74) is 0.223. The van der Waals surface area contributed by atoms with E-state index in [0.29, 0.717) is 12.6 Å². The number of hydrogen-bond donors (Lipinski definition) is 2. The average molecular weight is 227 g/mol. The molecule has 1 saturated carbocycles. The number of rotatable bonds is 5. The summed E-state index contributed by atoms with van der Waals surface area (Å²) in [7, 11) is 0. The summed E-state index contributed by atoms with van der Waals surface area (Å²) in [4.78, 5) is 0. The quantitative estimate of drug-likeness (QED) is 0.757. The van der Waals surface area contributed by atoms with Crippen molar-refractivity contribution in [3.8, 4) is 0 Å². The van der Waals surface area contributed by atoms with Crippen LogP contribution in [0.3, 0.4) is 0 Å². The highest BCUT2D eigenvalue weighted by atomic mass is 16.3. The van der Waals surface area contributed by atoms with Gasteiger partial charge in [0.1, 0.15) is 0 Å². The fourth-order valence-corrected chi connectivity index (χ4v) is 2.54. The van der Waals surface area contributed by atoms with Gasteiger partial charge >= 0.3 is 0 Å². The van der Waals surface area contributed by atoms with Crippen molar-refractivity contribution in [2.45, 2.75) is 59.4 Å². The van der Waals surface area contributed by atoms with Crippen LogP contribution in [0.25, 0.3) is 0 Å². The summed E-state index contributed by atoms with van der Waals surface area (Å²) in [5.74, 6) is 1.75. The van der Waals surface area contributed by atoms with Crippen molar-refractivity contribution in [2.75, 3.05) is 13.2 Å². The number of aliphatic hydroxyl groups is 1. The fourth-order valence-electron chi connectivity index (χ4n) is 2.54.